The number of hydrogen-bond donors (Lipinski definition) is 1. The Kier molecular flexibility index (Phi) is 12.0. The van der Waals surface area contributed by atoms with Crippen LogP contribution in [0.15, 0.2) is 0 Å². The van der Waals surface area contributed by atoms with Gasteiger partial charge in [-0.1, -0.05) is 13.3 Å². The molecule has 0 amide bonds. The van der Waals surface area contributed by atoms with Gasteiger partial charge < -0.3 is 28.2 Å². The molecule has 0 spiro atoms. The maximum atomic E-state index is 5.88. The number of ether oxygens (including phenoxy) is 1. The van der Waals surface area contributed by atoms with Crippen LogP contribution in [0.3, 0.4) is 0 Å². The molecule has 1 aromatic rings. The van der Waals surface area contributed by atoms with Crippen molar-refractivity contribution in [2.45, 2.75) is 54.4 Å². The van der Waals surface area contributed by atoms with Crippen molar-refractivity contribution in [3.05, 3.63) is 0 Å². The number of aromatic nitrogens is 3. The van der Waals surface area contributed by atoms with E-state index < -0.39 is 8.80 Å². The van der Waals surface area contributed by atoms with Crippen molar-refractivity contribution in [1.29, 1.82) is 0 Å². The van der Waals surface area contributed by atoms with Gasteiger partial charge in [-0.05, 0) is 41.0 Å². The lowest BCUT2D eigenvalue weighted by atomic mass is 10.3. The molecule has 0 aliphatic rings. The van der Waals surface area contributed by atoms with Gasteiger partial charge in [-0.2, -0.15) is 15.0 Å². The van der Waals surface area contributed by atoms with Crippen LogP contribution in [-0.2, 0) is 13.3 Å². The highest BCUT2D eigenvalue weighted by Crippen LogP contribution is 2.17. The van der Waals surface area contributed by atoms with E-state index >= 15 is 0 Å². The monoisotopic (exact) mass is 415 g/mol. The Morgan fingerprint density at radius 3 is 2.00 bits per heavy atom. The number of unbranched alkanes of at least 4 members (excludes halogenated alkanes) is 1. The predicted molar refractivity (Wildman–Crippen MR) is 113 cm³/mol. The zero-order valence-electron chi connectivity index (χ0n) is 18.3. The molecule has 9 nitrogen and oxygen atoms in total. The summed E-state index contributed by atoms with van der Waals surface area (Å²) in [7, 11) is -2.85. The SMILES string of the molecule is CCCCN(CC)c1nc(NC[Si](OCC)(OCC)OCC)nc(OCC)n1. The molecule has 0 aliphatic heterocycles. The molecule has 1 N–H and O–H groups in total. The van der Waals surface area contributed by atoms with Gasteiger partial charge in [-0.25, -0.2) is 0 Å². The molecule has 0 radical (unpaired) electrons. The second-order valence-corrected chi connectivity index (χ2v) is 8.53. The molecule has 0 saturated carbocycles. The van der Waals surface area contributed by atoms with Crippen LogP contribution < -0.4 is 15.0 Å². The summed E-state index contributed by atoms with van der Waals surface area (Å²) in [5.41, 5.74) is 0. The number of nitrogens with one attached hydrogen (secondary N) is 1. The molecule has 10 heteroatoms. The fraction of sp³-hybridized carbons (Fsp3) is 0.833. The van der Waals surface area contributed by atoms with Gasteiger partial charge in [-0.3, -0.25) is 0 Å². The van der Waals surface area contributed by atoms with Gasteiger partial charge in [-0.15, -0.1) is 0 Å². The Morgan fingerprint density at radius 2 is 1.50 bits per heavy atom. The minimum Gasteiger partial charge on any atom is -0.464 e. The minimum absolute atomic E-state index is 0.307. The quantitative estimate of drug-likeness (QED) is 0.409. The molecule has 28 heavy (non-hydrogen) atoms. The molecule has 0 fully saturated rings. The molecule has 1 heterocycles. The van der Waals surface area contributed by atoms with E-state index in [4.69, 9.17) is 18.0 Å². The number of hydrogen-bond acceptors (Lipinski definition) is 9. The minimum atomic E-state index is -2.85. The van der Waals surface area contributed by atoms with Gasteiger partial charge in [0.25, 0.3) is 0 Å². The smallest absolute Gasteiger partial charge is 0.464 e. The average Bonchev–Trinajstić information content (AvgIpc) is 2.68. The van der Waals surface area contributed by atoms with Crippen LogP contribution in [-0.4, -0.2) is 69.4 Å². The molecule has 0 saturated heterocycles. The second-order valence-electron chi connectivity index (χ2n) is 5.94. The maximum absolute atomic E-state index is 5.88. The van der Waals surface area contributed by atoms with Crippen LogP contribution in [0.5, 0.6) is 6.01 Å². The first-order chi connectivity index (χ1) is 13.6. The lowest BCUT2D eigenvalue weighted by Gasteiger charge is -2.28. The summed E-state index contributed by atoms with van der Waals surface area (Å²) in [5, 5.41) is 3.23. The van der Waals surface area contributed by atoms with Gasteiger partial charge in [0.1, 0.15) is 0 Å². The Bertz CT molecular complexity index is 536. The van der Waals surface area contributed by atoms with Crippen molar-refractivity contribution in [3.63, 3.8) is 0 Å². The van der Waals surface area contributed by atoms with E-state index in [9.17, 15) is 0 Å². The van der Waals surface area contributed by atoms with Gasteiger partial charge in [0.15, 0.2) is 0 Å². The summed E-state index contributed by atoms with van der Waals surface area (Å²) in [5.74, 6) is 1.03. The van der Waals surface area contributed by atoms with E-state index in [0.717, 1.165) is 25.9 Å². The molecule has 162 valence electrons. The Hall–Kier alpha value is -1.49. The Morgan fingerprint density at radius 1 is 0.857 bits per heavy atom. The lowest BCUT2D eigenvalue weighted by Crippen LogP contribution is -2.52. The first-order valence-electron chi connectivity index (χ1n) is 10.4. The molecule has 1 aromatic heterocycles. The van der Waals surface area contributed by atoms with E-state index in [0.29, 0.717) is 50.5 Å². The zero-order chi connectivity index (χ0) is 20.8. The fourth-order valence-corrected chi connectivity index (χ4v) is 4.88. The highest BCUT2D eigenvalue weighted by Gasteiger charge is 2.40. The van der Waals surface area contributed by atoms with E-state index in [1.165, 1.54) is 0 Å². The van der Waals surface area contributed by atoms with E-state index in [-0.39, 0.29) is 0 Å². The summed E-state index contributed by atoms with van der Waals surface area (Å²) >= 11 is 0. The molecule has 1 rings (SSSR count). The van der Waals surface area contributed by atoms with Crippen LogP contribution in [0.2, 0.25) is 0 Å². The van der Waals surface area contributed by atoms with E-state index in [1.54, 1.807) is 0 Å². The topological polar surface area (TPSA) is 90.9 Å². The molecular formula is C18H37N5O4Si. The lowest BCUT2D eigenvalue weighted by molar-refractivity contribution is 0.0740. The van der Waals surface area contributed by atoms with Crippen LogP contribution >= 0.6 is 0 Å². The van der Waals surface area contributed by atoms with Gasteiger partial charge in [0.05, 0.1) is 12.8 Å². The summed E-state index contributed by atoms with van der Waals surface area (Å²) in [6.07, 6.45) is 2.55. The molecule has 0 aliphatic carbocycles. The number of anilines is 2. The highest BCUT2D eigenvalue weighted by atomic mass is 28.4. The summed E-state index contributed by atoms with van der Waals surface area (Å²) in [6.45, 7) is 15.7. The normalized spacial score (nSPS) is 11.5. The third-order valence-electron chi connectivity index (χ3n) is 3.88. The zero-order valence-corrected chi connectivity index (χ0v) is 19.3. The van der Waals surface area contributed by atoms with Crippen LogP contribution in [0.4, 0.5) is 11.9 Å². The van der Waals surface area contributed by atoms with Crippen LogP contribution in [0, 0.1) is 0 Å². The number of rotatable bonds is 16. The molecular weight excluding hydrogens is 378 g/mol. The standard InChI is InChI=1S/C18H37N5O4Si/c1-7-13-14-23(8-2)17-20-16(21-18(22-17)24-9-3)19-15-28(25-10-4,26-11-5)27-12-6/h7-15H2,1-6H3,(H,19,20,21,22). The van der Waals surface area contributed by atoms with Crippen molar-refractivity contribution < 1.29 is 18.0 Å². The first-order valence-corrected chi connectivity index (χ1v) is 12.3. The van der Waals surface area contributed by atoms with E-state index in [1.807, 2.05) is 27.7 Å². The highest BCUT2D eigenvalue weighted by molar-refractivity contribution is 6.61. The van der Waals surface area contributed by atoms with Crippen LogP contribution in [0.1, 0.15) is 54.4 Å². The van der Waals surface area contributed by atoms with Crippen molar-refractivity contribution in [1.82, 2.24) is 15.0 Å². The fourth-order valence-electron chi connectivity index (χ4n) is 2.63. The van der Waals surface area contributed by atoms with Gasteiger partial charge in [0.2, 0.25) is 11.9 Å². The third kappa shape index (κ3) is 7.86. The Labute approximate surface area is 170 Å². The van der Waals surface area contributed by atoms with Crippen molar-refractivity contribution in [3.8, 4) is 6.01 Å². The molecule has 0 bridgehead atoms. The van der Waals surface area contributed by atoms with Crippen molar-refractivity contribution >= 4 is 20.7 Å². The molecule has 0 aromatic carbocycles. The van der Waals surface area contributed by atoms with Crippen molar-refractivity contribution in [2.75, 3.05) is 55.9 Å². The second kappa shape index (κ2) is 13.6. The van der Waals surface area contributed by atoms with Gasteiger partial charge in [0, 0.05) is 32.9 Å². The maximum Gasteiger partial charge on any atom is 0.521 e. The number of nitrogens with zero attached hydrogens (tertiary/aromatic N) is 4. The summed E-state index contributed by atoms with van der Waals surface area (Å²) in [4.78, 5) is 15.6. The average molecular weight is 416 g/mol. The summed E-state index contributed by atoms with van der Waals surface area (Å²) < 4.78 is 23.2. The first kappa shape index (κ1) is 24.5. The summed E-state index contributed by atoms with van der Waals surface area (Å²) in [6, 6.07) is 0.307. The molecule has 0 atom stereocenters. The Balaban J connectivity index is 3.06. The predicted octanol–water partition coefficient (Wildman–Crippen LogP) is 2.90. The molecule has 0 unspecified atom stereocenters. The van der Waals surface area contributed by atoms with E-state index in [2.05, 4.69) is 39.0 Å². The van der Waals surface area contributed by atoms with Gasteiger partial charge >= 0.3 is 14.8 Å². The van der Waals surface area contributed by atoms with Crippen molar-refractivity contribution in [2.24, 2.45) is 0 Å². The van der Waals surface area contributed by atoms with Crippen LogP contribution in [0.25, 0.3) is 0 Å². The largest absolute Gasteiger partial charge is 0.521 e. The third-order valence-corrected chi connectivity index (χ3v) is 6.67.